The van der Waals surface area contributed by atoms with Gasteiger partial charge in [-0.1, -0.05) is 29.8 Å². The molecule has 0 aliphatic heterocycles. The third kappa shape index (κ3) is 2.96. The summed E-state index contributed by atoms with van der Waals surface area (Å²) in [4.78, 5) is 4.23. The van der Waals surface area contributed by atoms with Crippen LogP contribution in [0.4, 0.5) is 5.69 Å². The predicted molar refractivity (Wildman–Crippen MR) is 70.9 cm³/mol. The highest BCUT2D eigenvalue weighted by molar-refractivity contribution is 6.33. The number of halogens is 1. The fourth-order valence-corrected chi connectivity index (χ4v) is 1.81. The number of aromatic nitrogens is 1. The fraction of sp³-hybridized carbons (Fsp3) is 0.154. The third-order valence-electron chi connectivity index (χ3n) is 2.52. The van der Waals surface area contributed by atoms with Crippen molar-refractivity contribution in [2.75, 3.05) is 5.32 Å². The summed E-state index contributed by atoms with van der Waals surface area (Å²) in [5.74, 6) is 0. The summed E-state index contributed by atoms with van der Waals surface area (Å²) in [5, 5.41) is 3.99. The number of para-hydroxylation sites is 1. The van der Waals surface area contributed by atoms with Crippen LogP contribution >= 0.6 is 11.6 Å². The second kappa shape index (κ2) is 5.66. The predicted octanol–water partition coefficient (Wildman–Crippen LogP) is 2.81. The van der Waals surface area contributed by atoms with Crippen molar-refractivity contribution < 1.29 is 0 Å². The van der Waals surface area contributed by atoms with Crippen LogP contribution in [0.3, 0.4) is 0 Å². The van der Waals surface area contributed by atoms with Gasteiger partial charge in [0.2, 0.25) is 0 Å². The number of hydrogen-bond donors (Lipinski definition) is 2. The number of benzene rings is 1. The second-order valence-corrected chi connectivity index (χ2v) is 4.05. The van der Waals surface area contributed by atoms with Crippen LogP contribution < -0.4 is 11.1 Å². The first-order valence-corrected chi connectivity index (χ1v) is 5.80. The molecule has 1 heterocycles. The smallest absolute Gasteiger partial charge is 0.0637 e. The van der Waals surface area contributed by atoms with Crippen LogP contribution in [0.1, 0.15) is 11.3 Å². The summed E-state index contributed by atoms with van der Waals surface area (Å²) < 4.78 is 0. The Hall–Kier alpha value is -1.58. The molecule has 0 fully saturated rings. The molecule has 0 aliphatic carbocycles. The van der Waals surface area contributed by atoms with Gasteiger partial charge >= 0.3 is 0 Å². The average Bonchev–Trinajstić information content (AvgIpc) is 2.38. The number of pyridine rings is 1. The molecule has 0 aliphatic rings. The average molecular weight is 248 g/mol. The highest BCUT2D eigenvalue weighted by atomic mass is 35.5. The first kappa shape index (κ1) is 11.9. The van der Waals surface area contributed by atoms with E-state index in [1.54, 1.807) is 6.20 Å². The molecule has 0 radical (unpaired) electrons. The molecule has 0 saturated heterocycles. The molecule has 3 N–H and O–H groups in total. The molecule has 0 bridgehead atoms. The fourth-order valence-electron chi connectivity index (χ4n) is 1.61. The van der Waals surface area contributed by atoms with Crippen molar-refractivity contribution in [3.05, 3.63) is 58.9 Å². The Bertz CT molecular complexity index is 500. The lowest BCUT2D eigenvalue weighted by atomic mass is 10.2. The van der Waals surface area contributed by atoms with Crippen molar-refractivity contribution in [1.29, 1.82) is 0 Å². The molecular weight excluding hydrogens is 234 g/mol. The lowest BCUT2D eigenvalue weighted by Crippen LogP contribution is -2.08. The lowest BCUT2D eigenvalue weighted by Gasteiger charge is -2.10. The Morgan fingerprint density at radius 3 is 2.76 bits per heavy atom. The molecule has 1 aromatic heterocycles. The zero-order valence-electron chi connectivity index (χ0n) is 9.36. The van der Waals surface area contributed by atoms with Crippen LogP contribution in [0.5, 0.6) is 0 Å². The summed E-state index contributed by atoms with van der Waals surface area (Å²) in [6.45, 7) is 1.12. The molecule has 2 rings (SSSR count). The number of hydrogen-bond acceptors (Lipinski definition) is 3. The van der Waals surface area contributed by atoms with Crippen molar-refractivity contribution in [2.45, 2.75) is 13.1 Å². The van der Waals surface area contributed by atoms with Gasteiger partial charge in [0.15, 0.2) is 0 Å². The molecule has 0 amide bonds. The highest BCUT2D eigenvalue weighted by Gasteiger charge is 2.02. The van der Waals surface area contributed by atoms with Crippen molar-refractivity contribution in [1.82, 2.24) is 4.98 Å². The SMILES string of the molecule is NCc1ncccc1CNc1ccccc1Cl. The van der Waals surface area contributed by atoms with Crippen molar-refractivity contribution in [3.63, 3.8) is 0 Å². The van der Waals surface area contributed by atoms with E-state index in [9.17, 15) is 0 Å². The quantitative estimate of drug-likeness (QED) is 0.874. The maximum absolute atomic E-state index is 6.06. The largest absolute Gasteiger partial charge is 0.380 e. The molecule has 0 atom stereocenters. The molecule has 3 nitrogen and oxygen atoms in total. The van der Waals surface area contributed by atoms with E-state index in [1.807, 2.05) is 36.4 Å². The van der Waals surface area contributed by atoms with E-state index >= 15 is 0 Å². The van der Waals surface area contributed by atoms with E-state index in [1.165, 1.54) is 0 Å². The van der Waals surface area contributed by atoms with Gasteiger partial charge in [-0.3, -0.25) is 4.98 Å². The molecule has 0 spiro atoms. The summed E-state index contributed by atoms with van der Waals surface area (Å²) >= 11 is 6.06. The number of nitrogens with one attached hydrogen (secondary N) is 1. The normalized spacial score (nSPS) is 10.2. The minimum absolute atomic E-state index is 0.445. The number of anilines is 1. The molecule has 0 unspecified atom stereocenters. The maximum atomic E-state index is 6.06. The molecule has 88 valence electrons. The van der Waals surface area contributed by atoms with Crippen LogP contribution in [0.15, 0.2) is 42.6 Å². The maximum Gasteiger partial charge on any atom is 0.0637 e. The second-order valence-electron chi connectivity index (χ2n) is 3.65. The topological polar surface area (TPSA) is 50.9 Å². The Balaban J connectivity index is 2.10. The van der Waals surface area contributed by atoms with Gasteiger partial charge in [-0.05, 0) is 23.8 Å². The summed E-state index contributed by atoms with van der Waals surface area (Å²) in [7, 11) is 0. The van der Waals surface area contributed by atoms with Gasteiger partial charge in [-0.2, -0.15) is 0 Å². The summed E-state index contributed by atoms with van der Waals surface area (Å²) in [5.41, 5.74) is 8.55. The Morgan fingerprint density at radius 2 is 2.00 bits per heavy atom. The summed E-state index contributed by atoms with van der Waals surface area (Å²) in [6, 6.07) is 11.6. The first-order chi connectivity index (χ1) is 8.31. The van der Waals surface area contributed by atoms with E-state index < -0.39 is 0 Å². The Labute approximate surface area is 106 Å². The highest BCUT2D eigenvalue weighted by Crippen LogP contribution is 2.21. The zero-order valence-corrected chi connectivity index (χ0v) is 10.1. The molecule has 1 aromatic carbocycles. The van der Waals surface area contributed by atoms with Gasteiger partial charge in [-0.15, -0.1) is 0 Å². The number of rotatable bonds is 4. The van der Waals surface area contributed by atoms with Crippen LogP contribution in [0.2, 0.25) is 5.02 Å². The molecule has 17 heavy (non-hydrogen) atoms. The first-order valence-electron chi connectivity index (χ1n) is 5.42. The van der Waals surface area contributed by atoms with E-state index in [4.69, 9.17) is 17.3 Å². The Kier molecular flexibility index (Phi) is 3.96. The molecule has 4 heteroatoms. The third-order valence-corrected chi connectivity index (χ3v) is 2.85. The van der Waals surface area contributed by atoms with Crippen molar-refractivity contribution in [3.8, 4) is 0 Å². The van der Waals surface area contributed by atoms with Gasteiger partial charge in [0.1, 0.15) is 0 Å². The van der Waals surface area contributed by atoms with Crippen molar-refractivity contribution in [2.24, 2.45) is 5.73 Å². The van der Waals surface area contributed by atoms with Gasteiger partial charge in [0.25, 0.3) is 0 Å². The summed E-state index contributed by atoms with van der Waals surface area (Å²) in [6.07, 6.45) is 1.75. The van der Waals surface area contributed by atoms with Crippen LogP contribution in [0.25, 0.3) is 0 Å². The molecular formula is C13H14ClN3. The van der Waals surface area contributed by atoms with Gasteiger partial charge < -0.3 is 11.1 Å². The van der Waals surface area contributed by atoms with Crippen molar-refractivity contribution >= 4 is 17.3 Å². The van der Waals surface area contributed by atoms with Crippen LogP contribution in [-0.2, 0) is 13.1 Å². The van der Waals surface area contributed by atoms with E-state index in [0.717, 1.165) is 16.9 Å². The monoisotopic (exact) mass is 247 g/mol. The van der Waals surface area contributed by atoms with Crippen LogP contribution in [-0.4, -0.2) is 4.98 Å². The minimum Gasteiger partial charge on any atom is -0.380 e. The standard InChI is InChI=1S/C13H14ClN3/c14-11-5-1-2-6-12(11)17-9-10-4-3-7-16-13(10)8-15/h1-7,17H,8-9,15H2. The van der Waals surface area contributed by atoms with Gasteiger partial charge in [0, 0.05) is 19.3 Å². The molecule has 2 aromatic rings. The number of nitrogens with two attached hydrogens (primary N) is 1. The Morgan fingerprint density at radius 1 is 1.18 bits per heavy atom. The zero-order chi connectivity index (χ0) is 12.1. The lowest BCUT2D eigenvalue weighted by molar-refractivity contribution is 0.939. The minimum atomic E-state index is 0.445. The van der Waals surface area contributed by atoms with Gasteiger partial charge in [-0.25, -0.2) is 0 Å². The van der Waals surface area contributed by atoms with Gasteiger partial charge in [0.05, 0.1) is 16.4 Å². The van der Waals surface area contributed by atoms with E-state index in [-0.39, 0.29) is 0 Å². The molecule has 0 saturated carbocycles. The van der Waals surface area contributed by atoms with E-state index in [2.05, 4.69) is 10.3 Å². The number of nitrogens with zero attached hydrogens (tertiary/aromatic N) is 1. The van der Waals surface area contributed by atoms with Crippen LogP contribution in [0, 0.1) is 0 Å². The van der Waals surface area contributed by atoms with E-state index in [0.29, 0.717) is 18.1 Å².